The van der Waals surface area contributed by atoms with E-state index in [9.17, 15) is 14.4 Å². The highest BCUT2D eigenvalue weighted by atomic mass is 32.2. The SMILES string of the molecule is CC.CCOC(=O)C(CC)Sc1nc2c(c(=O)n(C)c(=O)n2C)n1Cc1ccccc1. The number of hydrogen-bond acceptors (Lipinski definition) is 6. The number of aryl methyl sites for hydroxylation is 1. The number of benzene rings is 1. The second-order valence-corrected chi connectivity index (χ2v) is 7.78. The number of carbonyl (C=O) groups excluding carboxylic acids is 1. The second-order valence-electron chi connectivity index (χ2n) is 6.61. The number of rotatable bonds is 7. The molecule has 3 aromatic rings. The first kappa shape index (κ1) is 24.5. The molecule has 168 valence electrons. The summed E-state index contributed by atoms with van der Waals surface area (Å²) in [5.41, 5.74) is 0.757. The lowest BCUT2D eigenvalue weighted by atomic mass is 10.2. The lowest BCUT2D eigenvalue weighted by molar-refractivity contribution is -0.142. The summed E-state index contributed by atoms with van der Waals surface area (Å²) in [4.78, 5) is 42.1. The third-order valence-electron chi connectivity index (χ3n) is 4.66. The quantitative estimate of drug-likeness (QED) is 0.410. The van der Waals surface area contributed by atoms with Gasteiger partial charge in [0.2, 0.25) is 0 Å². The van der Waals surface area contributed by atoms with Gasteiger partial charge in [-0.05, 0) is 18.9 Å². The van der Waals surface area contributed by atoms with Crippen LogP contribution in [0.2, 0.25) is 0 Å². The molecular weight excluding hydrogens is 416 g/mol. The third-order valence-corrected chi connectivity index (χ3v) is 6.00. The van der Waals surface area contributed by atoms with Crippen LogP contribution >= 0.6 is 11.8 Å². The monoisotopic (exact) mass is 446 g/mol. The maximum absolute atomic E-state index is 12.9. The van der Waals surface area contributed by atoms with E-state index in [4.69, 9.17) is 4.74 Å². The molecule has 0 bridgehead atoms. The van der Waals surface area contributed by atoms with Crippen molar-refractivity contribution in [2.75, 3.05) is 6.61 Å². The lowest BCUT2D eigenvalue weighted by Crippen LogP contribution is -2.37. The van der Waals surface area contributed by atoms with Crippen molar-refractivity contribution in [2.24, 2.45) is 14.1 Å². The maximum atomic E-state index is 12.9. The first-order valence-electron chi connectivity index (χ1n) is 10.4. The molecule has 3 rings (SSSR count). The van der Waals surface area contributed by atoms with Crippen molar-refractivity contribution in [3.8, 4) is 0 Å². The van der Waals surface area contributed by atoms with Crippen molar-refractivity contribution in [1.29, 1.82) is 0 Å². The fraction of sp³-hybridized carbons (Fsp3) is 0.455. The van der Waals surface area contributed by atoms with E-state index in [1.807, 2.05) is 51.1 Å². The van der Waals surface area contributed by atoms with Crippen LogP contribution in [-0.4, -0.2) is 36.5 Å². The van der Waals surface area contributed by atoms with Crippen LogP contribution in [-0.2, 0) is 30.2 Å². The van der Waals surface area contributed by atoms with Gasteiger partial charge in [-0.25, -0.2) is 9.78 Å². The summed E-state index contributed by atoms with van der Waals surface area (Å²) in [6, 6.07) is 9.66. The van der Waals surface area contributed by atoms with Gasteiger partial charge in [0, 0.05) is 14.1 Å². The highest BCUT2D eigenvalue weighted by Gasteiger charge is 2.25. The Morgan fingerprint density at radius 1 is 1.10 bits per heavy atom. The van der Waals surface area contributed by atoms with Gasteiger partial charge in [0.15, 0.2) is 16.3 Å². The Bertz CT molecular complexity index is 1150. The van der Waals surface area contributed by atoms with Crippen molar-refractivity contribution >= 4 is 28.9 Å². The zero-order chi connectivity index (χ0) is 23.1. The molecule has 0 amide bonds. The van der Waals surface area contributed by atoms with Crippen LogP contribution in [0, 0.1) is 0 Å². The summed E-state index contributed by atoms with van der Waals surface area (Å²) in [6.45, 7) is 8.35. The molecule has 0 aliphatic carbocycles. The Morgan fingerprint density at radius 2 is 1.74 bits per heavy atom. The molecule has 0 aliphatic rings. The number of aromatic nitrogens is 4. The minimum absolute atomic E-state index is 0.297. The normalized spacial score (nSPS) is 11.7. The number of hydrogen-bond donors (Lipinski definition) is 0. The predicted octanol–water partition coefficient (Wildman–Crippen LogP) is 2.94. The molecule has 9 heteroatoms. The molecule has 0 N–H and O–H groups in total. The number of thioether (sulfide) groups is 1. The van der Waals surface area contributed by atoms with E-state index in [2.05, 4.69) is 4.98 Å². The fourth-order valence-corrected chi connectivity index (χ4v) is 4.10. The van der Waals surface area contributed by atoms with Gasteiger partial charge in [-0.3, -0.25) is 18.7 Å². The molecule has 0 saturated heterocycles. The molecule has 1 aromatic carbocycles. The van der Waals surface area contributed by atoms with Crippen molar-refractivity contribution in [3.05, 3.63) is 56.7 Å². The Morgan fingerprint density at radius 3 is 2.32 bits per heavy atom. The number of esters is 1. The predicted molar refractivity (Wildman–Crippen MR) is 124 cm³/mol. The Kier molecular flexibility index (Phi) is 8.67. The fourth-order valence-electron chi connectivity index (χ4n) is 3.09. The first-order valence-corrected chi connectivity index (χ1v) is 11.3. The van der Waals surface area contributed by atoms with Crippen LogP contribution in [0.15, 0.2) is 45.1 Å². The van der Waals surface area contributed by atoms with Gasteiger partial charge in [0.05, 0.1) is 13.2 Å². The van der Waals surface area contributed by atoms with Crippen molar-refractivity contribution in [3.63, 3.8) is 0 Å². The molecule has 1 unspecified atom stereocenters. The molecular formula is C22H30N4O4S. The summed E-state index contributed by atoms with van der Waals surface area (Å²) in [5.74, 6) is -0.319. The minimum Gasteiger partial charge on any atom is -0.465 e. The van der Waals surface area contributed by atoms with E-state index in [-0.39, 0.29) is 5.97 Å². The average Bonchev–Trinajstić information content (AvgIpc) is 3.14. The highest BCUT2D eigenvalue weighted by molar-refractivity contribution is 8.00. The van der Waals surface area contributed by atoms with Crippen LogP contribution in [0.3, 0.4) is 0 Å². The minimum atomic E-state index is -0.456. The van der Waals surface area contributed by atoms with E-state index in [1.165, 1.54) is 23.4 Å². The summed E-state index contributed by atoms with van der Waals surface area (Å²) >= 11 is 1.25. The van der Waals surface area contributed by atoms with E-state index in [0.717, 1.165) is 10.1 Å². The molecule has 1 atom stereocenters. The molecule has 2 aromatic heterocycles. The first-order chi connectivity index (χ1) is 14.9. The van der Waals surface area contributed by atoms with Gasteiger partial charge in [-0.2, -0.15) is 0 Å². The Hall–Kier alpha value is -2.81. The van der Waals surface area contributed by atoms with Crippen LogP contribution < -0.4 is 11.2 Å². The molecule has 0 radical (unpaired) electrons. The van der Waals surface area contributed by atoms with E-state index >= 15 is 0 Å². The maximum Gasteiger partial charge on any atom is 0.332 e. The second kappa shape index (κ2) is 11.0. The lowest BCUT2D eigenvalue weighted by Gasteiger charge is -2.14. The van der Waals surface area contributed by atoms with Crippen molar-refractivity contribution in [1.82, 2.24) is 18.7 Å². The molecule has 0 saturated carbocycles. The standard InChI is InChI=1S/C20H24N4O4S.C2H6/c1-5-14(18(26)28-6-2)29-19-21-16-15(17(25)23(4)20(27)22(16)3)24(19)12-13-10-8-7-9-11-13;1-2/h7-11,14H,5-6,12H2,1-4H3;1-2H3. The molecule has 8 nitrogen and oxygen atoms in total. The topological polar surface area (TPSA) is 88.1 Å². The number of ether oxygens (including phenoxy) is 1. The van der Waals surface area contributed by atoms with Crippen LogP contribution in [0.1, 0.15) is 39.7 Å². The summed E-state index contributed by atoms with van der Waals surface area (Å²) in [5, 5.41) is 0.0456. The van der Waals surface area contributed by atoms with Gasteiger partial charge in [0.1, 0.15) is 5.25 Å². The Labute approximate surface area is 185 Å². The number of fused-ring (bicyclic) bond motifs is 1. The van der Waals surface area contributed by atoms with Gasteiger partial charge in [-0.15, -0.1) is 0 Å². The van der Waals surface area contributed by atoms with Crippen molar-refractivity contribution in [2.45, 2.75) is 51.1 Å². The van der Waals surface area contributed by atoms with Crippen LogP contribution in [0.25, 0.3) is 11.2 Å². The highest BCUT2D eigenvalue weighted by Crippen LogP contribution is 2.28. The smallest absolute Gasteiger partial charge is 0.332 e. The molecule has 31 heavy (non-hydrogen) atoms. The van der Waals surface area contributed by atoms with Gasteiger partial charge >= 0.3 is 11.7 Å². The molecule has 0 spiro atoms. The van der Waals surface area contributed by atoms with Crippen molar-refractivity contribution < 1.29 is 9.53 Å². The van der Waals surface area contributed by atoms with E-state index in [1.54, 1.807) is 18.5 Å². The number of imidazole rings is 1. The molecule has 0 fully saturated rings. The van der Waals surface area contributed by atoms with E-state index in [0.29, 0.717) is 35.9 Å². The number of nitrogens with zero attached hydrogens (tertiary/aromatic N) is 4. The van der Waals surface area contributed by atoms with Crippen LogP contribution in [0.4, 0.5) is 0 Å². The van der Waals surface area contributed by atoms with Gasteiger partial charge < -0.3 is 9.30 Å². The molecule has 2 heterocycles. The summed E-state index contributed by atoms with van der Waals surface area (Å²) < 4.78 is 9.37. The summed E-state index contributed by atoms with van der Waals surface area (Å²) in [6.07, 6.45) is 0.551. The third kappa shape index (κ3) is 5.10. The van der Waals surface area contributed by atoms with Crippen LogP contribution in [0.5, 0.6) is 0 Å². The van der Waals surface area contributed by atoms with Gasteiger partial charge in [-0.1, -0.05) is 62.9 Å². The average molecular weight is 447 g/mol. The molecule has 0 aliphatic heterocycles. The zero-order valence-electron chi connectivity index (χ0n) is 18.9. The Balaban J connectivity index is 0.00000166. The largest absolute Gasteiger partial charge is 0.465 e. The number of carbonyl (C=O) groups is 1. The zero-order valence-corrected chi connectivity index (χ0v) is 19.7. The summed E-state index contributed by atoms with van der Waals surface area (Å²) in [7, 11) is 3.03. The van der Waals surface area contributed by atoms with E-state index < -0.39 is 16.5 Å². The van der Waals surface area contributed by atoms with Gasteiger partial charge in [0.25, 0.3) is 5.56 Å².